The van der Waals surface area contributed by atoms with E-state index in [4.69, 9.17) is 0 Å². The third kappa shape index (κ3) is 8.32. The van der Waals surface area contributed by atoms with E-state index in [2.05, 4.69) is 9.44 Å². The van der Waals surface area contributed by atoms with Crippen LogP contribution in [0.25, 0.3) is 10.8 Å². The van der Waals surface area contributed by atoms with Crippen LogP contribution in [0.15, 0.2) is 94.7 Å². The molecule has 4 N–H and O–H groups in total. The number of hydrogen-bond acceptors (Lipinski definition) is 10. The smallest absolute Gasteiger partial charge is 0.324 e. The van der Waals surface area contributed by atoms with E-state index in [1.807, 2.05) is 0 Å². The van der Waals surface area contributed by atoms with E-state index < -0.39 is 65.1 Å². The van der Waals surface area contributed by atoms with Crippen LogP contribution in [0.5, 0.6) is 0 Å². The summed E-state index contributed by atoms with van der Waals surface area (Å²) in [6.45, 7) is -2.14. The van der Waals surface area contributed by atoms with Gasteiger partial charge in [-0.1, -0.05) is 24.3 Å². The first kappa shape index (κ1) is 35.9. The Bertz CT molecular complexity index is 2160. The quantitative estimate of drug-likeness (QED) is 0.145. The summed E-state index contributed by atoms with van der Waals surface area (Å²) in [5, 5.41) is 19.5. The molecule has 4 aromatic carbocycles. The summed E-state index contributed by atoms with van der Waals surface area (Å²) in [5.74, 6) is -3.07. The molecule has 0 unspecified atom stereocenters. The van der Waals surface area contributed by atoms with E-state index in [0.29, 0.717) is 8.61 Å². The minimum atomic E-state index is -4.64. The SMILES string of the molecule is CS(=O)(=O)Nc1ccc(S(=O)(=O)N(CC(=O)O)c2ccc(N(CC(=O)O)S(=O)(=O)c3ccc(NS(C)(=O)=O)cc3)c3ccccc23)cc1. The van der Waals surface area contributed by atoms with Crippen molar-refractivity contribution in [3.05, 3.63) is 84.9 Å². The Kier molecular flexibility index (Phi) is 9.95. The summed E-state index contributed by atoms with van der Waals surface area (Å²) < 4.78 is 107. The largest absolute Gasteiger partial charge is 0.480 e. The van der Waals surface area contributed by atoms with Gasteiger partial charge in [0.2, 0.25) is 20.0 Å². The van der Waals surface area contributed by atoms with E-state index in [0.717, 1.165) is 48.9 Å². The van der Waals surface area contributed by atoms with Crippen LogP contribution >= 0.6 is 0 Å². The fraction of sp³-hybridized carbons (Fsp3) is 0.143. The van der Waals surface area contributed by atoms with Crippen LogP contribution in [0, 0.1) is 0 Å². The van der Waals surface area contributed by atoms with Gasteiger partial charge in [-0.25, -0.2) is 33.7 Å². The Labute approximate surface area is 276 Å². The first-order valence-corrected chi connectivity index (χ1v) is 20.0. The lowest BCUT2D eigenvalue weighted by Crippen LogP contribution is -2.37. The summed E-state index contributed by atoms with van der Waals surface area (Å²) in [6, 6.07) is 17.0. The number of carboxylic acids is 2. The third-order valence-corrected chi connectivity index (χ3v) is 11.2. The number of anilines is 4. The molecule has 0 radical (unpaired) electrons. The minimum absolute atomic E-state index is 0.0495. The molecule has 0 saturated heterocycles. The van der Waals surface area contributed by atoms with Gasteiger partial charge in [0.1, 0.15) is 13.1 Å². The Balaban J connectivity index is 1.86. The molecule has 0 aliphatic heterocycles. The zero-order chi connectivity index (χ0) is 35.7. The number of nitrogens with zero attached hydrogens (tertiary/aromatic N) is 2. The van der Waals surface area contributed by atoms with E-state index in [-0.39, 0.29) is 43.3 Å². The molecule has 16 nitrogen and oxygen atoms in total. The highest BCUT2D eigenvalue weighted by Crippen LogP contribution is 2.38. The van der Waals surface area contributed by atoms with Crippen molar-refractivity contribution in [2.24, 2.45) is 0 Å². The highest BCUT2D eigenvalue weighted by Gasteiger charge is 2.32. The van der Waals surface area contributed by atoms with Gasteiger partial charge in [0, 0.05) is 22.1 Å². The number of aliphatic carboxylic acids is 2. The standard InChI is InChI=1S/C28H28N4O12S4/c1-45(37,38)29-19-7-11-21(12-8-19)47(41,42)31(17-27(33)34)25-15-16-26(24-6-4-3-5-23(24)25)32(18-28(35)36)48(43,44)22-13-9-20(10-14-22)30-46(2,39)40/h3-16,29-30H,17-18H2,1-2H3,(H,33,34)(H,35,36). The van der Waals surface area contributed by atoms with Crippen molar-refractivity contribution in [2.75, 3.05) is 43.7 Å². The maximum Gasteiger partial charge on any atom is 0.324 e. The molecule has 0 bridgehead atoms. The molecule has 4 rings (SSSR count). The molecule has 20 heteroatoms. The summed E-state index contributed by atoms with van der Waals surface area (Å²) >= 11 is 0. The molecule has 0 heterocycles. The normalized spacial score (nSPS) is 12.3. The molecule has 0 aliphatic carbocycles. The first-order chi connectivity index (χ1) is 22.2. The second-order valence-corrected chi connectivity index (χ2v) is 17.5. The van der Waals surface area contributed by atoms with Crippen LogP contribution in [0.4, 0.5) is 22.7 Å². The number of nitrogens with one attached hydrogen (secondary N) is 2. The van der Waals surface area contributed by atoms with Crippen LogP contribution in [0.3, 0.4) is 0 Å². The second kappa shape index (κ2) is 13.3. The highest BCUT2D eigenvalue weighted by molar-refractivity contribution is 7.93. The lowest BCUT2D eigenvalue weighted by molar-refractivity contribution is -0.136. The van der Waals surface area contributed by atoms with E-state index in [1.165, 1.54) is 48.5 Å². The van der Waals surface area contributed by atoms with Gasteiger partial charge in [0.05, 0.1) is 33.7 Å². The average Bonchev–Trinajstić information content (AvgIpc) is 2.97. The minimum Gasteiger partial charge on any atom is -0.480 e. The number of fused-ring (bicyclic) bond motifs is 1. The fourth-order valence-corrected chi connectivity index (χ4v) is 8.61. The molecule has 256 valence electrons. The van der Waals surface area contributed by atoms with Crippen LogP contribution in [-0.2, 0) is 49.7 Å². The van der Waals surface area contributed by atoms with E-state index in [1.54, 1.807) is 0 Å². The van der Waals surface area contributed by atoms with Crippen molar-refractivity contribution < 1.29 is 53.5 Å². The van der Waals surface area contributed by atoms with Crippen molar-refractivity contribution in [1.29, 1.82) is 0 Å². The molecular formula is C28H28N4O12S4. The van der Waals surface area contributed by atoms with Gasteiger partial charge >= 0.3 is 11.9 Å². The van der Waals surface area contributed by atoms with Gasteiger partial charge in [-0.3, -0.25) is 27.6 Å². The van der Waals surface area contributed by atoms with Crippen molar-refractivity contribution in [3.63, 3.8) is 0 Å². The third-order valence-electron chi connectivity index (χ3n) is 6.46. The van der Waals surface area contributed by atoms with Crippen molar-refractivity contribution in [1.82, 2.24) is 0 Å². The first-order valence-electron chi connectivity index (χ1n) is 13.4. The summed E-state index contributed by atoms with van der Waals surface area (Å²) in [6.07, 6.45) is 1.80. The van der Waals surface area contributed by atoms with Crippen LogP contribution in [0.2, 0.25) is 0 Å². The van der Waals surface area contributed by atoms with Crippen molar-refractivity contribution >= 4 is 85.6 Å². The molecule has 0 fully saturated rings. The number of carboxylic acid groups (broad SMARTS) is 2. The highest BCUT2D eigenvalue weighted by atomic mass is 32.2. The zero-order valence-corrected chi connectivity index (χ0v) is 28.3. The lowest BCUT2D eigenvalue weighted by Gasteiger charge is -2.28. The van der Waals surface area contributed by atoms with Gasteiger partial charge < -0.3 is 10.2 Å². The topological polar surface area (TPSA) is 242 Å². The van der Waals surface area contributed by atoms with Crippen LogP contribution < -0.4 is 18.1 Å². The molecular weight excluding hydrogens is 713 g/mol. The number of rotatable bonds is 14. The summed E-state index contributed by atoms with van der Waals surface area (Å²) in [5.41, 5.74) is -0.257. The van der Waals surface area contributed by atoms with E-state index >= 15 is 0 Å². The Morgan fingerprint density at radius 1 is 0.542 bits per heavy atom. The Hall–Kier alpha value is -4.92. The number of carbonyl (C=O) groups is 2. The number of hydrogen-bond donors (Lipinski definition) is 4. The van der Waals surface area contributed by atoms with Crippen LogP contribution in [-0.4, -0.2) is 81.4 Å². The molecule has 0 amide bonds. The average molecular weight is 741 g/mol. The molecule has 0 atom stereocenters. The number of sulfonamides is 4. The Morgan fingerprint density at radius 3 is 1.12 bits per heavy atom. The summed E-state index contributed by atoms with van der Waals surface area (Å²) in [7, 11) is -16.6. The predicted molar refractivity (Wildman–Crippen MR) is 178 cm³/mol. The van der Waals surface area contributed by atoms with Gasteiger partial charge in [-0.2, -0.15) is 0 Å². The maximum absolute atomic E-state index is 13.8. The lowest BCUT2D eigenvalue weighted by atomic mass is 10.1. The molecule has 0 spiro atoms. The van der Waals surface area contributed by atoms with E-state index in [9.17, 15) is 53.5 Å². The predicted octanol–water partition coefficient (Wildman–Crippen LogP) is 2.14. The van der Waals surface area contributed by atoms with Gasteiger partial charge in [-0.05, 0) is 60.7 Å². The van der Waals surface area contributed by atoms with Crippen molar-refractivity contribution in [2.45, 2.75) is 9.79 Å². The molecule has 0 aliphatic rings. The van der Waals surface area contributed by atoms with Gasteiger partial charge in [0.15, 0.2) is 0 Å². The fourth-order valence-electron chi connectivity index (χ4n) is 4.62. The zero-order valence-electron chi connectivity index (χ0n) is 25.0. The molecule has 48 heavy (non-hydrogen) atoms. The number of benzene rings is 4. The monoisotopic (exact) mass is 740 g/mol. The molecule has 0 saturated carbocycles. The van der Waals surface area contributed by atoms with Gasteiger partial charge in [-0.15, -0.1) is 0 Å². The summed E-state index contributed by atoms with van der Waals surface area (Å²) in [4.78, 5) is 23.1. The Morgan fingerprint density at radius 2 is 0.854 bits per heavy atom. The van der Waals surface area contributed by atoms with Crippen molar-refractivity contribution in [3.8, 4) is 0 Å². The van der Waals surface area contributed by atoms with Crippen LogP contribution in [0.1, 0.15) is 0 Å². The molecule has 4 aromatic rings. The molecule has 0 aromatic heterocycles. The second-order valence-electron chi connectivity index (χ2n) is 10.3. The van der Waals surface area contributed by atoms with Gasteiger partial charge in [0.25, 0.3) is 20.0 Å². The maximum atomic E-state index is 13.8.